The molecule has 2 aliphatic heterocycles. The van der Waals surface area contributed by atoms with E-state index in [0.717, 1.165) is 12.8 Å². The molecule has 8 heteroatoms. The first kappa shape index (κ1) is 18.6. The van der Waals surface area contributed by atoms with Gasteiger partial charge in [-0.3, -0.25) is 14.5 Å². The van der Waals surface area contributed by atoms with Gasteiger partial charge in [0, 0.05) is 32.1 Å². The van der Waals surface area contributed by atoms with Gasteiger partial charge in [-0.05, 0) is 18.8 Å². The van der Waals surface area contributed by atoms with Gasteiger partial charge in [0.2, 0.25) is 5.91 Å². The van der Waals surface area contributed by atoms with E-state index in [-0.39, 0.29) is 35.9 Å². The van der Waals surface area contributed by atoms with Gasteiger partial charge in [0.15, 0.2) is 9.84 Å². The van der Waals surface area contributed by atoms with Gasteiger partial charge in [-0.25, -0.2) is 8.42 Å². The van der Waals surface area contributed by atoms with Crippen LogP contribution in [0.5, 0.6) is 0 Å². The molecule has 142 valence electrons. The molecule has 3 fully saturated rings. The number of carboxylic acid groups (broad SMARTS) is 1. The van der Waals surface area contributed by atoms with Gasteiger partial charge in [0.05, 0.1) is 24.0 Å². The maximum Gasteiger partial charge on any atom is 0.304 e. The SMILES string of the molecule is O=C(O)CCN1CCN(C(=O)CC2CCCCC2)C2CS(=O)(=O)CC21. The third-order valence-corrected chi connectivity index (χ3v) is 7.61. The molecule has 1 amide bonds. The summed E-state index contributed by atoms with van der Waals surface area (Å²) in [7, 11) is -3.18. The van der Waals surface area contributed by atoms with Crippen LogP contribution in [0.2, 0.25) is 0 Å². The molecule has 2 unspecified atom stereocenters. The lowest BCUT2D eigenvalue weighted by atomic mass is 9.86. The minimum atomic E-state index is -3.18. The van der Waals surface area contributed by atoms with Crippen molar-refractivity contribution in [2.45, 2.75) is 57.0 Å². The number of aliphatic carboxylic acids is 1. The van der Waals surface area contributed by atoms with Crippen molar-refractivity contribution in [3.05, 3.63) is 0 Å². The standard InChI is InChI=1S/C17H28N2O5S/c20-16(10-13-4-2-1-3-5-13)19-9-8-18(7-6-17(21)22)14-11-25(23,24)12-15(14)19/h13-15H,1-12H2,(H,21,22). The van der Waals surface area contributed by atoms with E-state index in [9.17, 15) is 18.0 Å². The molecule has 3 rings (SSSR count). The van der Waals surface area contributed by atoms with Crippen LogP contribution in [0.1, 0.15) is 44.9 Å². The first-order valence-electron chi connectivity index (χ1n) is 9.31. The Kier molecular flexibility index (Phi) is 5.68. The number of carbonyl (C=O) groups is 2. The Morgan fingerprint density at radius 2 is 1.68 bits per heavy atom. The maximum absolute atomic E-state index is 12.8. The van der Waals surface area contributed by atoms with Crippen molar-refractivity contribution in [2.75, 3.05) is 31.1 Å². The van der Waals surface area contributed by atoms with Crippen molar-refractivity contribution in [2.24, 2.45) is 5.92 Å². The predicted molar refractivity (Wildman–Crippen MR) is 93.0 cm³/mol. The van der Waals surface area contributed by atoms with E-state index in [4.69, 9.17) is 5.11 Å². The smallest absolute Gasteiger partial charge is 0.304 e. The fourth-order valence-corrected chi connectivity index (χ4v) is 6.62. The van der Waals surface area contributed by atoms with Crippen LogP contribution in [-0.2, 0) is 19.4 Å². The molecule has 1 saturated carbocycles. The summed E-state index contributed by atoms with van der Waals surface area (Å²) in [4.78, 5) is 27.4. The van der Waals surface area contributed by atoms with Gasteiger partial charge >= 0.3 is 5.97 Å². The molecule has 25 heavy (non-hydrogen) atoms. The topological polar surface area (TPSA) is 95.0 Å². The number of carbonyl (C=O) groups excluding carboxylic acids is 1. The van der Waals surface area contributed by atoms with E-state index < -0.39 is 15.8 Å². The molecule has 0 spiro atoms. The minimum absolute atomic E-state index is 0.000706. The fourth-order valence-electron chi connectivity index (χ4n) is 4.61. The van der Waals surface area contributed by atoms with Crippen molar-refractivity contribution >= 4 is 21.7 Å². The molecule has 7 nitrogen and oxygen atoms in total. The molecule has 2 heterocycles. The highest BCUT2D eigenvalue weighted by atomic mass is 32.2. The van der Waals surface area contributed by atoms with Crippen molar-refractivity contribution in [3.8, 4) is 0 Å². The highest BCUT2D eigenvalue weighted by Gasteiger charge is 2.47. The summed E-state index contributed by atoms with van der Waals surface area (Å²) in [5, 5.41) is 8.90. The molecule has 3 aliphatic rings. The summed E-state index contributed by atoms with van der Waals surface area (Å²) in [5.74, 6) is -0.324. The summed E-state index contributed by atoms with van der Waals surface area (Å²) < 4.78 is 24.3. The van der Waals surface area contributed by atoms with Crippen molar-refractivity contribution in [3.63, 3.8) is 0 Å². The van der Waals surface area contributed by atoms with Crippen molar-refractivity contribution in [1.82, 2.24) is 9.80 Å². The lowest BCUT2D eigenvalue weighted by Gasteiger charge is -2.44. The van der Waals surface area contributed by atoms with E-state index in [2.05, 4.69) is 0 Å². The van der Waals surface area contributed by atoms with Crippen molar-refractivity contribution < 1.29 is 23.1 Å². The molecule has 0 bridgehead atoms. The summed E-state index contributed by atoms with van der Waals surface area (Å²) in [5.41, 5.74) is 0. The summed E-state index contributed by atoms with van der Waals surface area (Å²) in [6, 6.07) is -0.572. The van der Waals surface area contributed by atoms with Gasteiger partial charge < -0.3 is 10.0 Å². The number of carboxylic acids is 1. The molecular weight excluding hydrogens is 344 g/mol. The molecule has 0 aromatic carbocycles. The number of hydrogen-bond acceptors (Lipinski definition) is 5. The largest absolute Gasteiger partial charge is 0.481 e. The normalized spacial score (nSPS) is 30.2. The van der Waals surface area contributed by atoms with E-state index in [1.807, 2.05) is 4.90 Å². The Morgan fingerprint density at radius 3 is 2.36 bits per heavy atom. The minimum Gasteiger partial charge on any atom is -0.481 e. The fraction of sp³-hybridized carbons (Fsp3) is 0.882. The first-order chi connectivity index (χ1) is 11.9. The monoisotopic (exact) mass is 372 g/mol. The molecule has 1 N–H and O–H groups in total. The predicted octanol–water partition coefficient (Wildman–Crippen LogP) is 0.741. The Balaban J connectivity index is 1.67. The number of amides is 1. The Labute approximate surface area is 149 Å². The second-order valence-electron chi connectivity index (χ2n) is 7.69. The van der Waals surface area contributed by atoms with E-state index in [0.29, 0.717) is 32.0 Å². The van der Waals surface area contributed by atoms with E-state index in [1.165, 1.54) is 19.3 Å². The third-order valence-electron chi connectivity index (χ3n) is 5.91. The van der Waals surface area contributed by atoms with E-state index >= 15 is 0 Å². The number of piperazine rings is 1. The molecule has 2 atom stereocenters. The zero-order valence-electron chi connectivity index (χ0n) is 14.6. The molecule has 0 aromatic rings. The van der Waals surface area contributed by atoms with Crippen LogP contribution in [0.15, 0.2) is 0 Å². The van der Waals surface area contributed by atoms with Crippen LogP contribution in [0.25, 0.3) is 0 Å². The van der Waals surface area contributed by atoms with Crippen molar-refractivity contribution in [1.29, 1.82) is 0 Å². The highest BCUT2D eigenvalue weighted by molar-refractivity contribution is 7.91. The van der Waals surface area contributed by atoms with Crippen LogP contribution in [0, 0.1) is 5.92 Å². The zero-order chi connectivity index (χ0) is 18.0. The average Bonchev–Trinajstić information content (AvgIpc) is 2.88. The zero-order valence-corrected chi connectivity index (χ0v) is 15.4. The average molecular weight is 372 g/mol. The van der Waals surface area contributed by atoms with Crippen LogP contribution in [0.3, 0.4) is 0 Å². The summed E-state index contributed by atoms with van der Waals surface area (Å²) in [6.07, 6.45) is 6.32. The molecule has 2 saturated heterocycles. The molecule has 0 radical (unpaired) electrons. The van der Waals surface area contributed by atoms with Crippen LogP contribution in [0.4, 0.5) is 0 Å². The Morgan fingerprint density at radius 1 is 1.00 bits per heavy atom. The van der Waals surface area contributed by atoms with Gasteiger partial charge in [-0.15, -0.1) is 0 Å². The second-order valence-corrected chi connectivity index (χ2v) is 9.84. The quantitative estimate of drug-likeness (QED) is 0.765. The Hall–Kier alpha value is -1.15. The number of rotatable bonds is 5. The number of fused-ring (bicyclic) bond motifs is 1. The lowest BCUT2D eigenvalue weighted by molar-refractivity contribution is -0.141. The molecule has 0 aromatic heterocycles. The third kappa shape index (κ3) is 4.53. The molecular formula is C17H28N2O5S. The Bertz CT molecular complexity index is 615. The lowest BCUT2D eigenvalue weighted by Crippen LogP contribution is -2.61. The number of sulfone groups is 1. The van der Waals surface area contributed by atoms with Crippen LogP contribution >= 0.6 is 0 Å². The maximum atomic E-state index is 12.8. The van der Waals surface area contributed by atoms with Gasteiger partial charge in [-0.1, -0.05) is 19.3 Å². The van der Waals surface area contributed by atoms with Gasteiger partial charge in [0.1, 0.15) is 0 Å². The molecule has 1 aliphatic carbocycles. The first-order valence-corrected chi connectivity index (χ1v) is 11.1. The second kappa shape index (κ2) is 7.61. The van der Waals surface area contributed by atoms with Crippen LogP contribution in [-0.4, -0.2) is 78.4 Å². The summed E-state index contributed by atoms with van der Waals surface area (Å²) >= 11 is 0. The summed E-state index contributed by atoms with van der Waals surface area (Å²) in [6.45, 7) is 1.40. The highest BCUT2D eigenvalue weighted by Crippen LogP contribution is 2.31. The van der Waals surface area contributed by atoms with Gasteiger partial charge in [0.25, 0.3) is 0 Å². The van der Waals surface area contributed by atoms with Crippen LogP contribution < -0.4 is 0 Å². The van der Waals surface area contributed by atoms with E-state index in [1.54, 1.807) is 4.90 Å². The number of nitrogens with zero attached hydrogens (tertiary/aromatic N) is 2. The van der Waals surface area contributed by atoms with Gasteiger partial charge in [-0.2, -0.15) is 0 Å². The number of hydrogen-bond donors (Lipinski definition) is 1.